The fourth-order valence-corrected chi connectivity index (χ4v) is 3.27. The average Bonchev–Trinajstić information content (AvgIpc) is 2.50. The molecule has 0 unspecified atom stereocenters. The van der Waals surface area contributed by atoms with Gasteiger partial charge in [0.25, 0.3) is 0 Å². The van der Waals surface area contributed by atoms with Crippen LogP contribution >= 0.6 is 0 Å². The number of benzene rings is 1. The lowest BCUT2D eigenvalue weighted by Crippen LogP contribution is -2.38. The third kappa shape index (κ3) is 7.40. The van der Waals surface area contributed by atoms with Gasteiger partial charge in [-0.05, 0) is 37.6 Å². The summed E-state index contributed by atoms with van der Waals surface area (Å²) in [7, 11) is -3.63. The lowest BCUT2D eigenvalue weighted by atomic mass is 10.2. The van der Waals surface area contributed by atoms with E-state index in [9.17, 15) is 26.4 Å². The van der Waals surface area contributed by atoms with Gasteiger partial charge in [0.05, 0.1) is 4.90 Å². The third-order valence-electron chi connectivity index (χ3n) is 3.03. The van der Waals surface area contributed by atoms with Crippen molar-refractivity contribution in [2.45, 2.75) is 31.0 Å². The second kappa shape index (κ2) is 9.00. The monoisotopic (exact) mass is 390 g/mol. The van der Waals surface area contributed by atoms with Crippen LogP contribution in [-0.2, 0) is 14.8 Å². The molecule has 144 valence electrons. The number of nitrogens with one attached hydrogen (secondary N) is 1. The van der Waals surface area contributed by atoms with Crippen LogP contribution in [0.3, 0.4) is 0 Å². The topological polar surface area (TPSA) is 66.5 Å². The molecule has 0 spiro atoms. The first-order valence-corrected chi connectivity index (χ1v) is 9.20. The van der Waals surface area contributed by atoms with Gasteiger partial charge >= 0.3 is 6.18 Å². The molecule has 0 saturated heterocycles. The van der Waals surface area contributed by atoms with Gasteiger partial charge in [0.2, 0.25) is 15.9 Å². The van der Waals surface area contributed by atoms with E-state index in [2.05, 4.69) is 11.3 Å². The summed E-state index contributed by atoms with van der Waals surface area (Å²) in [5, 5.41) is 0. The molecule has 0 radical (unpaired) electrons. The Balaban J connectivity index is 2.87. The Bertz CT molecular complexity index is 754. The molecule has 1 amide bonds. The smallest absolute Gasteiger partial charge is 0.326 e. The van der Waals surface area contributed by atoms with Crippen LogP contribution in [-0.4, -0.2) is 44.5 Å². The van der Waals surface area contributed by atoms with E-state index < -0.39 is 28.7 Å². The van der Waals surface area contributed by atoms with Crippen LogP contribution in [0, 0.1) is 0 Å². The normalized spacial score (nSPS) is 12.5. The van der Waals surface area contributed by atoms with E-state index in [1.165, 1.54) is 36.4 Å². The summed E-state index contributed by atoms with van der Waals surface area (Å²) >= 11 is 0. The Morgan fingerprint density at radius 2 is 1.85 bits per heavy atom. The minimum Gasteiger partial charge on any atom is -0.326 e. The van der Waals surface area contributed by atoms with Crippen molar-refractivity contribution in [3.63, 3.8) is 0 Å². The first kappa shape index (κ1) is 21.9. The van der Waals surface area contributed by atoms with Crippen molar-refractivity contribution >= 4 is 22.0 Å². The fraction of sp³-hybridized carbons (Fsp3) is 0.353. The molecule has 0 aliphatic carbocycles. The molecule has 1 N–H and O–H groups in total. The van der Waals surface area contributed by atoms with E-state index in [0.29, 0.717) is 10.5 Å². The van der Waals surface area contributed by atoms with Gasteiger partial charge in [-0.1, -0.05) is 18.2 Å². The van der Waals surface area contributed by atoms with Gasteiger partial charge in [-0.15, -0.1) is 6.58 Å². The highest BCUT2D eigenvalue weighted by Crippen LogP contribution is 2.17. The van der Waals surface area contributed by atoms with E-state index in [1.54, 1.807) is 13.8 Å². The summed E-state index contributed by atoms with van der Waals surface area (Å²) < 4.78 is 63.9. The molecule has 0 fully saturated rings. The standard InChI is InChI=1S/C17H21F3N2O3S/c1-4-11-22(12-17(18,19)20)16(23)10-7-14-5-8-15(9-6-14)26(24,25)21-13(2)3/h4-10,13,21H,1,11-12H2,2-3H3/b10-7+. The highest BCUT2D eigenvalue weighted by atomic mass is 32.2. The molecular weight excluding hydrogens is 369 g/mol. The van der Waals surface area contributed by atoms with E-state index in [4.69, 9.17) is 0 Å². The van der Waals surface area contributed by atoms with E-state index in [0.717, 1.165) is 6.08 Å². The molecule has 1 rings (SSSR count). The molecule has 0 atom stereocenters. The maximum absolute atomic E-state index is 12.5. The number of halogens is 3. The zero-order valence-corrected chi connectivity index (χ0v) is 15.3. The summed E-state index contributed by atoms with van der Waals surface area (Å²) in [6, 6.07) is 5.36. The van der Waals surface area contributed by atoms with Crippen LogP contribution < -0.4 is 4.72 Å². The molecule has 0 heterocycles. The maximum atomic E-state index is 12.5. The molecule has 1 aromatic carbocycles. The van der Waals surface area contributed by atoms with Crippen molar-refractivity contribution in [3.05, 3.63) is 48.6 Å². The Morgan fingerprint density at radius 1 is 1.27 bits per heavy atom. The quantitative estimate of drug-likeness (QED) is 0.548. The van der Waals surface area contributed by atoms with Crippen molar-refractivity contribution in [1.29, 1.82) is 0 Å². The van der Waals surface area contributed by atoms with Gasteiger partial charge in [-0.25, -0.2) is 13.1 Å². The molecule has 0 aromatic heterocycles. The van der Waals surface area contributed by atoms with Gasteiger partial charge in [0, 0.05) is 18.7 Å². The minimum absolute atomic E-state index is 0.0556. The van der Waals surface area contributed by atoms with Crippen LogP contribution in [0.4, 0.5) is 13.2 Å². The SMILES string of the molecule is C=CCN(CC(F)(F)F)C(=O)/C=C/c1ccc(S(=O)(=O)NC(C)C)cc1. The Morgan fingerprint density at radius 3 is 2.31 bits per heavy atom. The van der Waals surface area contributed by atoms with E-state index in [-0.39, 0.29) is 17.5 Å². The molecule has 9 heteroatoms. The average molecular weight is 390 g/mol. The van der Waals surface area contributed by atoms with Crippen molar-refractivity contribution < 1.29 is 26.4 Å². The summed E-state index contributed by atoms with van der Waals surface area (Å²) in [6.45, 7) is 5.11. The number of rotatable bonds is 8. The number of hydrogen-bond acceptors (Lipinski definition) is 3. The van der Waals surface area contributed by atoms with Crippen LogP contribution in [0.25, 0.3) is 6.08 Å². The van der Waals surface area contributed by atoms with Gasteiger partial charge in [-0.2, -0.15) is 13.2 Å². The molecule has 1 aromatic rings. The highest BCUT2D eigenvalue weighted by molar-refractivity contribution is 7.89. The number of sulfonamides is 1. The molecule has 26 heavy (non-hydrogen) atoms. The summed E-state index contributed by atoms with van der Waals surface area (Å²) in [4.78, 5) is 12.6. The van der Waals surface area contributed by atoms with Crippen molar-refractivity contribution in [2.24, 2.45) is 0 Å². The van der Waals surface area contributed by atoms with Crippen molar-refractivity contribution in [2.75, 3.05) is 13.1 Å². The molecule has 0 bridgehead atoms. The molecule has 0 aliphatic rings. The van der Waals surface area contributed by atoms with E-state index >= 15 is 0 Å². The lowest BCUT2D eigenvalue weighted by Gasteiger charge is -2.20. The van der Waals surface area contributed by atoms with Crippen LogP contribution in [0.5, 0.6) is 0 Å². The number of nitrogens with zero attached hydrogens (tertiary/aromatic N) is 1. The van der Waals surface area contributed by atoms with Gasteiger partial charge in [0.15, 0.2) is 0 Å². The van der Waals surface area contributed by atoms with Crippen LogP contribution in [0.2, 0.25) is 0 Å². The van der Waals surface area contributed by atoms with Gasteiger partial charge < -0.3 is 4.90 Å². The minimum atomic E-state index is -4.51. The number of carbonyl (C=O) groups excluding carboxylic acids is 1. The van der Waals surface area contributed by atoms with Crippen molar-refractivity contribution in [3.8, 4) is 0 Å². The first-order valence-electron chi connectivity index (χ1n) is 7.71. The second-order valence-corrected chi connectivity index (χ2v) is 7.51. The van der Waals surface area contributed by atoms with Crippen LogP contribution in [0.15, 0.2) is 47.9 Å². The fourth-order valence-electron chi connectivity index (χ4n) is 2.01. The summed E-state index contributed by atoms with van der Waals surface area (Å²) in [5.41, 5.74) is 0.479. The molecule has 0 aliphatic heterocycles. The van der Waals surface area contributed by atoms with Gasteiger partial charge in [-0.3, -0.25) is 4.79 Å². The summed E-state index contributed by atoms with van der Waals surface area (Å²) in [6.07, 6.45) is -0.975. The summed E-state index contributed by atoms with van der Waals surface area (Å²) in [5.74, 6) is -0.819. The zero-order chi connectivity index (χ0) is 20.0. The van der Waals surface area contributed by atoms with E-state index in [1.807, 2.05) is 0 Å². The Kier molecular flexibility index (Phi) is 7.58. The first-order chi connectivity index (χ1) is 11.9. The second-order valence-electron chi connectivity index (χ2n) is 5.80. The molecular formula is C17H21F3N2O3S. The number of amides is 1. The predicted octanol–water partition coefficient (Wildman–Crippen LogP) is 2.96. The Labute approximate surface area is 151 Å². The van der Waals surface area contributed by atoms with Crippen LogP contribution in [0.1, 0.15) is 19.4 Å². The number of carbonyl (C=O) groups is 1. The maximum Gasteiger partial charge on any atom is 0.406 e. The van der Waals surface area contributed by atoms with Gasteiger partial charge in [0.1, 0.15) is 6.54 Å². The largest absolute Gasteiger partial charge is 0.406 e. The van der Waals surface area contributed by atoms with Crippen molar-refractivity contribution in [1.82, 2.24) is 9.62 Å². The zero-order valence-electron chi connectivity index (χ0n) is 14.5. The highest BCUT2D eigenvalue weighted by Gasteiger charge is 2.31. The predicted molar refractivity (Wildman–Crippen MR) is 93.8 cm³/mol. The number of hydrogen-bond donors (Lipinski definition) is 1. The lowest BCUT2D eigenvalue weighted by molar-refractivity contribution is -0.157. The Hall–Kier alpha value is -2.13. The number of alkyl halides is 3. The molecule has 0 saturated carbocycles. The third-order valence-corrected chi connectivity index (χ3v) is 4.71. The molecule has 5 nitrogen and oxygen atoms in total.